The van der Waals surface area contributed by atoms with E-state index >= 15 is 0 Å². The molecule has 20 heavy (non-hydrogen) atoms. The molecule has 0 atom stereocenters. The topological polar surface area (TPSA) is 29.1 Å². The predicted octanol–water partition coefficient (Wildman–Crippen LogP) is 4.27. The van der Waals surface area contributed by atoms with Gasteiger partial charge in [-0.3, -0.25) is 4.79 Å². The summed E-state index contributed by atoms with van der Waals surface area (Å²) in [7, 11) is 0. The largest absolute Gasteiger partial charge is 0.352 e. The summed E-state index contributed by atoms with van der Waals surface area (Å²) in [6.07, 6.45) is 0.795. The number of aryl methyl sites for hydroxylation is 1. The van der Waals surface area contributed by atoms with Crippen LogP contribution in [-0.2, 0) is 6.42 Å². The number of nitrogens with one attached hydrogen (secondary N) is 1. The van der Waals surface area contributed by atoms with E-state index in [4.69, 9.17) is 23.2 Å². The van der Waals surface area contributed by atoms with E-state index < -0.39 is 0 Å². The van der Waals surface area contributed by atoms with Crippen molar-refractivity contribution in [1.29, 1.82) is 0 Å². The van der Waals surface area contributed by atoms with Crippen molar-refractivity contribution in [2.75, 3.05) is 6.54 Å². The Morgan fingerprint density at radius 2 is 1.90 bits per heavy atom. The Morgan fingerprint density at radius 3 is 2.60 bits per heavy atom. The van der Waals surface area contributed by atoms with Gasteiger partial charge in [0.1, 0.15) is 0 Å². The molecular weight excluding hydrogens is 293 g/mol. The van der Waals surface area contributed by atoms with Crippen molar-refractivity contribution in [3.8, 4) is 0 Å². The van der Waals surface area contributed by atoms with E-state index in [-0.39, 0.29) is 5.91 Å². The Balaban J connectivity index is 1.94. The minimum Gasteiger partial charge on any atom is -0.352 e. The molecule has 104 valence electrons. The molecule has 2 aromatic carbocycles. The van der Waals surface area contributed by atoms with Crippen LogP contribution in [0.1, 0.15) is 21.5 Å². The lowest BCUT2D eigenvalue weighted by Crippen LogP contribution is -2.26. The maximum absolute atomic E-state index is 12.0. The van der Waals surface area contributed by atoms with Crippen LogP contribution >= 0.6 is 23.2 Å². The fourth-order valence-corrected chi connectivity index (χ4v) is 2.46. The van der Waals surface area contributed by atoms with Crippen LogP contribution in [0.4, 0.5) is 0 Å². The van der Waals surface area contributed by atoms with E-state index in [0.717, 1.165) is 6.42 Å². The molecule has 0 saturated carbocycles. The summed E-state index contributed by atoms with van der Waals surface area (Å²) in [4.78, 5) is 12.0. The average molecular weight is 308 g/mol. The molecule has 0 aromatic heterocycles. The number of halogens is 2. The smallest absolute Gasteiger partial charge is 0.252 e. The third-order valence-electron chi connectivity index (χ3n) is 3.12. The lowest BCUT2D eigenvalue weighted by atomic mass is 10.1. The number of amides is 1. The molecule has 4 heteroatoms. The van der Waals surface area contributed by atoms with Crippen molar-refractivity contribution < 1.29 is 4.79 Å². The Morgan fingerprint density at radius 1 is 1.15 bits per heavy atom. The van der Waals surface area contributed by atoms with Crippen molar-refractivity contribution >= 4 is 29.1 Å². The first-order chi connectivity index (χ1) is 9.58. The van der Waals surface area contributed by atoms with Gasteiger partial charge in [0.25, 0.3) is 5.91 Å². The molecule has 0 fully saturated rings. The predicted molar refractivity (Wildman–Crippen MR) is 83.7 cm³/mol. The van der Waals surface area contributed by atoms with E-state index in [0.29, 0.717) is 22.2 Å². The fraction of sp³-hybridized carbons (Fsp3) is 0.188. The summed E-state index contributed by atoms with van der Waals surface area (Å²) >= 11 is 11.8. The van der Waals surface area contributed by atoms with Gasteiger partial charge in [0, 0.05) is 11.6 Å². The van der Waals surface area contributed by atoms with E-state index in [9.17, 15) is 4.79 Å². The van der Waals surface area contributed by atoms with Crippen molar-refractivity contribution in [3.05, 3.63) is 69.2 Å². The lowest BCUT2D eigenvalue weighted by Gasteiger charge is -2.08. The lowest BCUT2D eigenvalue weighted by molar-refractivity contribution is 0.0954. The quantitative estimate of drug-likeness (QED) is 0.897. The fourth-order valence-electron chi connectivity index (χ4n) is 1.97. The van der Waals surface area contributed by atoms with Gasteiger partial charge in [0.2, 0.25) is 0 Å². The van der Waals surface area contributed by atoms with E-state index in [1.165, 1.54) is 11.1 Å². The highest BCUT2D eigenvalue weighted by Gasteiger charge is 2.10. The van der Waals surface area contributed by atoms with Gasteiger partial charge in [-0.2, -0.15) is 0 Å². The molecule has 1 N–H and O–H groups in total. The Hall–Kier alpha value is -1.51. The van der Waals surface area contributed by atoms with Crippen LogP contribution in [0.2, 0.25) is 10.0 Å². The summed E-state index contributed by atoms with van der Waals surface area (Å²) in [6.45, 7) is 2.63. The van der Waals surface area contributed by atoms with Crippen LogP contribution in [0.15, 0.2) is 42.5 Å². The van der Waals surface area contributed by atoms with Gasteiger partial charge in [0.05, 0.1) is 10.6 Å². The van der Waals surface area contributed by atoms with Gasteiger partial charge in [0.15, 0.2) is 0 Å². The molecule has 0 bridgehead atoms. The first kappa shape index (κ1) is 14.9. The molecule has 0 radical (unpaired) electrons. The second-order valence-corrected chi connectivity index (χ2v) is 5.40. The second kappa shape index (κ2) is 6.78. The summed E-state index contributed by atoms with van der Waals surface area (Å²) in [5.74, 6) is -0.180. The van der Waals surface area contributed by atoms with Crippen molar-refractivity contribution in [1.82, 2.24) is 5.32 Å². The molecule has 2 aromatic rings. The molecule has 0 spiro atoms. The van der Waals surface area contributed by atoms with Crippen LogP contribution in [0.3, 0.4) is 0 Å². The SMILES string of the molecule is Cc1ccccc1CCNC(=O)c1ccc(Cl)cc1Cl. The first-order valence-corrected chi connectivity index (χ1v) is 7.11. The number of carbonyl (C=O) groups is 1. The Bertz CT molecular complexity index is 626. The second-order valence-electron chi connectivity index (χ2n) is 4.56. The van der Waals surface area contributed by atoms with Gasteiger partial charge >= 0.3 is 0 Å². The summed E-state index contributed by atoms with van der Waals surface area (Å²) in [5, 5.41) is 3.75. The highest BCUT2D eigenvalue weighted by Crippen LogP contribution is 2.20. The third kappa shape index (κ3) is 3.75. The van der Waals surface area contributed by atoms with Crippen LogP contribution in [0, 0.1) is 6.92 Å². The first-order valence-electron chi connectivity index (χ1n) is 6.35. The normalized spacial score (nSPS) is 10.3. The zero-order valence-electron chi connectivity index (χ0n) is 11.1. The van der Waals surface area contributed by atoms with Crippen LogP contribution in [-0.4, -0.2) is 12.5 Å². The van der Waals surface area contributed by atoms with Crippen LogP contribution in [0.5, 0.6) is 0 Å². The summed E-state index contributed by atoms with van der Waals surface area (Å²) < 4.78 is 0. The van der Waals surface area contributed by atoms with Crippen molar-refractivity contribution in [3.63, 3.8) is 0 Å². The number of carbonyl (C=O) groups excluding carboxylic acids is 1. The van der Waals surface area contributed by atoms with Crippen LogP contribution < -0.4 is 5.32 Å². The molecule has 0 saturated heterocycles. The highest BCUT2D eigenvalue weighted by molar-refractivity contribution is 6.36. The zero-order valence-corrected chi connectivity index (χ0v) is 12.6. The maximum Gasteiger partial charge on any atom is 0.252 e. The number of benzene rings is 2. The minimum atomic E-state index is -0.180. The molecule has 0 aliphatic rings. The van der Waals surface area contributed by atoms with Gasteiger partial charge < -0.3 is 5.32 Å². The molecule has 2 rings (SSSR count). The van der Waals surface area contributed by atoms with Gasteiger partial charge in [-0.25, -0.2) is 0 Å². The zero-order chi connectivity index (χ0) is 14.5. The average Bonchev–Trinajstić information content (AvgIpc) is 2.40. The van der Waals surface area contributed by atoms with Crippen LogP contribution in [0.25, 0.3) is 0 Å². The van der Waals surface area contributed by atoms with Crippen molar-refractivity contribution in [2.45, 2.75) is 13.3 Å². The van der Waals surface area contributed by atoms with E-state index in [1.807, 2.05) is 12.1 Å². The minimum absolute atomic E-state index is 0.180. The van der Waals surface area contributed by atoms with Gasteiger partial charge in [-0.05, 0) is 42.7 Å². The molecule has 0 aliphatic heterocycles. The Labute approximate surface area is 128 Å². The number of hydrogen-bond acceptors (Lipinski definition) is 1. The summed E-state index contributed by atoms with van der Waals surface area (Å²) in [6, 6.07) is 13.0. The van der Waals surface area contributed by atoms with E-state index in [1.54, 1.807) is 18.2 Å². The van der Waals surface area contributed by atoms with Gasteiger partial charge in [-0.15, -0.1) is 0 Å². The van der Waals surface area contributed by atoms with Crippen molar-refractivity contribution in [2.24, 2.45) is 0 Å². The molecule has 2 nitrogen and oxygen atoms in total. The number of rotatable bonds is 4. The standard InChI is InChI=1S/C16H15Cl2NO/c1-11-4-2-3-5-12(11)8-9-19-16(20)14-7-6-13(17)10-15(14)18/h2-7,10H,8-9H2,1H3,(H,19,20). The third-order valence-corrected chi connectivity index (χ3v) is 3.66. The monoisotopic (exact) mass is 307 g/mol. The molecular formula is C16H15Cl2NO. The highest BCUT2D eigenvalue weighted by atomic mass is 35.5. The van der Waals surface area contributed by atoms with Gasteiger partial charge in [-0.1, -0.05) is 47.5 Å². The maximum atomic E-state index is 12.0. The molecule has 1 amide bonds. The molecule has 0 heterocycles. The summed E-state index contributed by atoms with van der Waals surface area (Å²) in [5.41, 5.74) is 2.90. The van der Waals surface area contributed by atoms with E-state index in [2.05, 4.69) is 24.4 Å². The molecule has 0 aliphatic carbocycles. The number of hydrogen-bond donors (Lipinski definition) is 1. The Kier molecular flexibility index (Phi) is 5.05. The molecule has 0 unspecified atom stereocenters.